The predicted molar refractivity (Wildman–Crippen MR) is 164 cm³/mol. The van der Waals surface area contributed by atoms with Gasteiger partial charge in [0.1, 0.15) is 0 Å². The summed E-state index contributed by atoms with van der Waals surface area (Å²) in [5.74, 6) is 2.08. The van der Waals surface area contributed by atoms with Crippen molar-refractivity contribution in [3.05, 3.63) is 51.6 Å². The van der Waals surface area contributed by atoms with Crippen molar-refractivity contribution in [1.29, 1.82) is 0 Å². The van der Waals surface area contributed by atoms with Gasteiger partial charge in [-0.25, -0.2) is 0 Å². The second kappa shape index (κ2) is 11.1. The minimum absolute atomic E-state index is 0.124. The molecule has 1 aromatic carbocycles. The van der Waals surface area contributed by atoms with E-state index in [2.05, 4.69) is 52.9 Å². The summed E-state index contributed by atoms with van der Waals surface area (Å²) in [6.45, 7) is 16.2. The minimum Gasteiger partial charge on any atom is -0.393 e. The molecule has 0 radical (unpaired) electrons. The van der Waals surface area contributed by atoms with Crippen LogP contribution in [0.5, 0.6) is 0 Å². The van der Waals surface area contributed by atoms with E-state index < -0.39 is 0 Å². The number of non-ortho nitro benzene ring substituents is 1. The second-order valence-corrected chi connectivity index (χ2v) is 15.4. The van der Waals surface area contributed by atoms with Crippen molar-refractivity contribution in [1.82, 2.24) is 5.32 Å². The van der Waals surface area contributed by atoms with E-state index >= 15 is 0 Å². The number of fused-ring (bicyclic) bond motifs is 5. The molecule has 0 aliphatic heterocycles. The molecule has 6 nitrogen and oxygen atoms in total. The van der Waals surface area contributed by atoms with E-state index in [9.17, 15) is 20.3 Å². The van der Waals surface area contributed by atoms with Gasteiger partial charge in [-0.1, -0.05) is 65.3 Å². The molecule has 0 bridgehead atoms. The van der Waals surface area contributed by atoms with E-state index in [4.69, 9.17) is 0 Å². The molecule has 3 saturated carbocycles. The van der Waals surface area contributed by atoms with Crippen LogP contribution in [0.1, 0.15) is 98.5 Å². The van der Waals surface area contributed by atoms with E-state index in [0.717, 1.165) is 57.2 Å². The third-order valence-electron chi connectivity index (χ3n) is 13.4. The molecule has 3 fully saturated rings. The number of aliphatic hydroxyl groups excluding tert-OH is 2. The summed E-state index contributed by atoms with van der Waals surface area (Å²) in [6, 6.07) is 6.87. The first kappa shape index (κ1) is 30.7. The van der Waals surface area contributed by atoms with Crippen LogP contribution in [-0.4, -0.2) is 40.4 Å². The zero-order valence-corrected chi connectivity index (χ0v) is 26.3. The van der Waals surface area contributed by atoms with Crippen molar-refractivity contribution in [3.63, 3.8) is 0 Å². The molecular formula is C35H54N2O4. The standard InChI is InChI=1S/C35H54N2O4/c1-23(8-7-20-36-21-18-24-9-11-25(12-10-24)37(40)41)26-17-19-33(4)29-15-13-27-28(14-16-30(38)32(27,2)3)35(29,6)31(39)22-34(26,33)5/h9-13,23,26,28-31,36,38-39H,7-8,14-22H2,1-6H3/t23-,26-,28-,29+,30+,31-,33+,34-,35+/m1/s1. The van der Waals surface area contributed by atoms with Gasteiger partial charge in [-0.05, 0) is 111 Å². The van der Waals surface area contributed by atoms with Gasteiger partial charge in [0, 0.05) is 23.0 Å². The Morgan fingerprint density at radius 2 is 1.71 bits per heavy atom. The topological polar surface area (TPSA) is 95.6 Å². The highest BCUT2D eigenvalue weighted by molar-refractivity contribution is 5.33. The Morgan fingerprint density at radius 1 is 1.00 bits per heavy atom. The smallest absolute Gasteiger partial charge is 0.269 e. The lowest BCUT2D eigenvalue weighted by Crippen LogP contribution is -2.64. The summed E-state index contributed by atoms with van der Waals surface area (Å²) in [4.78, 5) is 10.5. The van der Waals surface area contributed by atoms with Crippen molar-refractivity contribution in [3.8, 4) is 0 Å². The average molecular weight is 567 g/mol. The fourth-order valence-electron chi connectivity index (χ4n) is 10.6. The van der Waals surface area contributed by atoms with Gasteiger partial charge in [0.15, 0.2) is 0 Å². The highest BCUT2D eigenvalue weighted by Crippen LogP contribution is 2.74. The van der Waals surface area contributed by atoms with Crippen LogP contribution >= 0.6 is 0 Å². The second-order valence-electron chi connectivity index (χ2n) is 15.4. The number of nitrogens with one attached hydrogen (secondary N) is 1. The average Bonchev–Trinajstić information content (AvgIpc) is 3.19. The molecule has 4 aliphatic carbocycles. The number of nitro groups is 1. The molecule has 0 spiro atoms. The number of aliphatic hydroxyl groups is 2. The first-order chi connectivity index (χ1) is 19.3. The van der Waals surface area contributed by atoms with Crippen LogP contribution in [0.25, 0.3) is 0 Å². The van der Waals surface area contributed by atoms with Crippen LogP contribution in [0.2, 0.25) is 0 Å². The molecule has 41 heavy (non-hydrogen) atoms. The number of hydrogen-bond donors (Lipinski definition) is 3. The van der Waals surface area contributed by atoms with E-state index in [0.29, 0.717) is 23.7 Å². The Bertz CT molecular complexity index is 1150. The molecule has 0 heterocycles. The number of nitrogens with zero attached hydrogens (tertiary/aromatic N) is 1. The Kier molecular flexibility index (Phi) is 8.28. The molecule has 0 unspecified atom stereocenters. The molecule has 6 heteroatoms. The van der Waals surface area contributed by atoms with Crippen LogP contribution in [0.15, 0.2) is 35.9 Å². The Morgan fingerprint density at radius 3 is 2.39 bits per heavy atom. The molecule has 4 aliphatic rings. The largest absolute Gasteiger partial charge is 0.393 e. The maximum atomic E-state index is 12.0. The van der Waals surface area contributed by atoms with Gasteiger partial charge in [-0.3, -0.25) is 10.1 Å². The summed E-state index contributed by atoms with van der Waals surface area (Å²) >= 11 is 0. The first-order valence-electron chi connectivity index (χ1n) is 16.3. The Balaban J connectivity index is 1.20. The van der Waals surface area contributed by atoms with Gasteiger partial charge in [-0.2, -0.15) is 0 Å². The predicted octanol–water partition coefficient (Wildman–Crippen LogP) is 7.08. The molecule has 3 N–H and O–H groups in total. The summed E-state index contributed by atoms with van der Waals surface area (Å²) in [5.41, 5.74) is 2.69. The SMILES string of the molecule is C[C@H](CCCNCCc1ccc([N+](=O)[O-])cc1)[C@H]1CC[C@@]2(C)[C@@H]3CC=C4[C@@H](CC[C@H](O)C4(C)C)[C@]3(C)[C@H](O)C[C@]12C. The molecule has 1 aromatic rings. The molecular weight excluding hydrogens is 512 g/mol. The number of hydrogen-bond acceptors (Lipinski definition) is 5. The zero-order chi connectivity index (χ0) is 29.8. The van der Waals surface area contributed by atoms with Crippen molar-refractivity contribution >= 4 is 5.69 Å². The van der Waals surface area contributed by atoms with Gasteiger partial charge in [-0.15, -0.1) is 0 Å². The van der Waals surface area contributed by atoms with E-state index in [1.54, 1.807) is 12.1 Å². The summed E-state index contributed by atoms with van der Waals surface area (Å²) < 4.78 is 0. The van der Waals surface area contributed by atoms with Crippen LogP contribution in [0.4, 0.5) is 5.69 Å². The van der Waals surface area contributed by atoms with Crippen LogP contribution < -0.4 is 5.32 Å². The molecule has 0 aromatic heterocycles. The van der Waals surface area contributed by atoms with E-state index in [1.807, 2.05) is 12.1 Å². The molecule has 0 saturated heterocycles. The minimum atomic E-state index is -0.353. The fraction of sp³-hybridized carbons (Fsp3) is 0.771. The lowest BCUT2D eigenvalue weighted by molar-refractivity contribution is -0.384. The number of nitro benzene ring substituents is 1. The third kappa shape index (κ3) is 4.90. The summed E-state index contributed by atoms with van der Waals surface area (Å²) in [6.07, 6.45) is 11.3. The lowest BCUT2D eigenvalue weighted by Gasteiger charge is -2.67. The van der Waals surface area contributed by atoms with Crippen LogP contribution in [0.3, 0.4) is 0 Å². The molecule has 5 rings (SSSR count). The normalized spacial score (nSPS) is 40.2. The van der Waals surface area contributed by atoms with E-state index in [1.165, 1.54) is 24.8 Å². The number of benzene rings is 1. The van der Waals surface area contributed by atoms with Crippen molar-refractivity contribution in [2.24, 2.45) is 45.3 Å². The van der Waals surface area contributed by atoms with Crippen molar-refractivity contribution in [2.75, 3.05) is 13.1 Å². The number of rotatable bonds is 9. The quantitative estimate of drug-likeness (QED) is 0.128. The zero-order valence-electron chi connectivity index (χ0n) is 26.3. The Labute approximate surface area is 247 Å². The van der Waals surface area contributed by atoms with Gasteiger partial charge in [0.2, 0.25) is 0 Å². The Hall–Kier alpha value is -1.76. The van der Waals surface area contributed by atoms with Gasteiger partial charge < -0.3 is 15.5 Å². The van der Waals surface area contributed by atoms with Gasteiger partial charge in [0.05, 0.1) is 17.1 Å². The third-order valence-corrected chi connectivity index (χ3v) is 13.4. The maximum Gasteiger partial charge on any atom is 0.269 e. The van der Waals surface area contributed by atoms with Crippen LogP contribution in [0, 0.1) is 55.4 Å². The van der Waals surface area contributed by atoms with Gasteiger partial charge >= 0.3 is 0 Å². The molecule has 0 amide bonds. The van der Waals surface area contributed by atoms with Crippen molar-refractivity contribution < 1.29 is 15.1 Å². The highest BCUT2D eigenvalue weighted by atomic mass is 16.6. The first-order valence-corrected chi connectivity index (χ1v) is 16.3. The molecule has 228 valence electrons. The summed E-state index contributed by atoms with van der Waals surface area (Å²) in [7, 11) is 0. The highest BCUT2D eigenvalue weighted by Gasteiger charge is 2.70. The van der Waals surface area contributed by atoms with Gasteiger partial charge in [0.25, 0.3) is 5.69 Å². The lowest BCUT2D eigenvalue weighted by atomic mass is 9.38. The molecule has 9 atom stereocenters. The summed E-state index contributed by atoms with van der Waals surface area (Å²) in [5, 5.41) is 37.3. The van der Waals surface area contributed by atoms with Crippen molar-refractivity contribution in [2.45, 2.75) is 112 Å². The maximum absolute atomic E-state index is 12.0. The fourth-order valence-corrected chi connectivity index (χ4v) is 10.6. The van der Waals surface area contributed by atoms with Crippen LogP contribution in [-0.2, 0) is 6.42 Å². The van der Waals surface area contributed by atoms with E-state index in [-0.39, 0.29) is 44.5 Å². The monoisotopic (exact) mass is 566 g/mol. The number of allylic oxidation sites excluding steroid dienone is 1.